The highest BCUT2D eigenvalue weighted by molar-refractivity contribution is 7.45. The van der Waals surface area contributed by atoms with Gasteiger partial charge in [-0.05, 0) is 57.8 Å². The molecule has 0 aromatic rings. The van der Waals surface area contributed by atoms with Gasteiger partial charge in [-0.25, -0.2) is 0 Å². The zero-order chi connectivity index (χ0) is 40.0. The maximum atomic E-state index is 12.6. The van der Waals surface area contributed by atoms with Gasteiger partial charge in [-0.3, -0.25) is 14.2 Å². The normalized spacial score (nSPS) is 13.8. The average molecular weight is 786 g/mol. The first-order chi connectivity index (χ1) is 26.0. The Labute approximate surface area is 332 Å². The molecule has 0 spiro atoms. The third-order valence-electron chi connectivity index (χ3n) is 9.44. The van der Waals surface area contributed by atoms with E-state index in [2.05, 4.69) is 38.2 Å². The Morgan fingerprint density at radius 2 is 0.963 bits per heavy atom. The van der Waals surface area contributed by atoms with Crippen molar-refractivity contribution in [2.24, 2.45) is 0 Å². The van der Waals surface area contributed by atoms with E-state index >= 15 is 0 Å². The van der Waals surface area contributed by atoms with Crippen molar-refractivity contribution in [3.8, 4) is 0 Å². The Hall–Kier alpha value is -1.51. The molecule has 0 amide bonds. The molecule has 0 bridgehead atoms. The van der Waals surface area contributed by atoms with E-state index < -0.39 is 26.5 Å². The summed E-state index contributed by atoms with van der Waals surface area (Å²) >= 11 is 0. The molecule has 1 unspecified atom stereocenters. The number of phosphoric acid groups is 1. The predicted octanol–water partition coefficient (Wildman–Crippen LogP) is 11.7. The number of ether oxygens (including phenoxy) is 2. The van der Waals surface area contributed by atoms with Gasteiger partial charge in [0, 0.05) is 12.8 Å². The van der Waals surface area contributed by atoms with Crippen molar-refractivity contribution in [1.29, 1.82) is 0 Å². The molecule has 10 heteroatoms. The molecule has 0 rings (SSSR count). The van der Waals surface area contributed by atoms with Crippen LogP contribution < -0.4 is 4.89 Å². The summed E-state index contributed by atoms with van der Waals surface area (Å²) in [5.74, 6) is -0.845. The molecular weight excluding hydrogens is 701 g/mol. The number of hydrogen-bond acceptors (Lipinski definition) is 8. The number of likely N-dealkylation sites (N-methyl/N-ethyl adjacent to an activating group) is 1. The monoisotopic (exact) mass is 786 g/mol. The number of esters is 2. The predicted molar refractivity (Wildman–Crippen MR) is 222 cm³/mol. The number of unbranched alkanes of at least 4 members (excludes halogenated alkanes) is 22. The molecule has 0 aromatic carbocycles. The zero-order valence-corrected chi connectivity index (χ0v) is 36.6. The average Bonchev–Trinajstić information content (AvgIpc) is 3.12. The Balaban J connectivity index is 4.28. The highest BCUT2D eigenvalue weighted by atomic mass is 31.2. The van der Waals surface area contributed by atoms with E-state index in [1.54, 1.807) is 0 Å². The third kappa shape index (κ3) is 40.2. The minimum Gasteiger partial charge on any atom is -0.756 e. The van der Waals surface area contributed by atoms with Gasteiger partial charge in [-0.2, -0.15) is 0 Å². The van der Waals surface area contributed by atoms with E-state index in [9.17, 15) is 19.0 Å². The fraction of sp³-hybridized carbons (Fsp3) is 0.864. The van der Waals surface area contributed by atoms with Crippen LogP contribution in [0.25, 0.3) is 0 Å². The van der Waals surface area contributed by atoms with E-state index in [1.807, 2.05) is 21.1 Å². The molecule has 0 aliphatic carbocycles. The number of carbonyl (C=O) groups excluding carboxylic acids is 2. The highest BCUT2D eigenvalue weighted by Crippen LogP contribution is 2.38. The smallest absolute Gasteiger partial charge is 0.306 e. The van der Waals surface area contributed by atoms with Gasteiger partial charge in [0.05, 0.1) is 27.7 Å². The molecule has 0 aromatic heterocycles. The van der Waals surface area contributed by atoms with Crippen LogP contribution in [0.15, 0.2) is 24.3 Å². The fourth-order valence-corrected chi connectivity index (χ4v) is 6.65. The SMILES string of the molecule is CCCC/C=C\CCCCCCCC(=O)O[C@H](COC(=O)CCCCCCCCCCC/C=C\CCCCCCCC)COP(=O)([O-])OCC[N+](C)(C)C. The lowest BCUT2D eigenvalue weighted by Crippen LogP contribution is -2.37. The standard InChI is InChI=1S/C44H84NO8P/c1-6-8-10-12-14-16-18-19-20-21-22-23-24-25-27-28-30-32-34-36-43(46)50-40-42(41-52-54(48,49)51-39-38-45(3,4)5)53-44(47)37-35-33-31-29-26-17-15-13-11-9-7-2/h13,15,19-20,42H,6-12,14,16-18,21-41H2,1-5H3/b15-13-,20-19-/t42-/m1/s1. The van der Waals surface area contributed by atoms with Gasteiger partial charge < -0.3 is 27.9 Å². The van der Waals surface area contributed by atoms with Gasteiger partial charge in [0.1, 0.15) is 19.8 Å². The molecule has 9 nitrogen and oxygen atoms in total. The van der Waals surface area contributed by atoms with Crippen LogP contribution in [0.2, 0.25) is 0 Å². The number of allylic oxidation sites excluding steroid dienone is 4. The quantitative estimate of drug-likeness (QED) is 0.0198. The van der Waals surface area contributed by atoms with Crippen LogP contribution in [-0.2, 0) is 32.7 Å². The molecular formula is C44H84NO8P. The van der Waals surface area contributed by atoms with Crippen LogP contribution in [0.4, 0.5) is 0 Å². The molecule has 0 aliphatic heterocycles. The second kappa shape index (κ2) is 37.1. The summed E-state index contributed by atoms with van der Waals surface area (Å²) in [5, 5.41) is 0. The van der Waals surface area contributed by atoms with Crippen molar-refractivity contribution in [2.45, 2.75) is 200 Å². The van der Waals surface area contributed by atoms with Crippen LogP contribution >= 0.6 is 7.82 Å². The van der Waals surface area contributed by atoms with Crippen molar-refractivity contribution < 1.29 is 42.1 Å². The van der Waals surface area contributed by atoms with Crippen molar-refractivity contribution in [1.82, 2.24) is 0 Å². The van der Waals surface area contributed by atoms with Crippen LogP contribution in [0, 0.1) is 0 Å². The van der Waals surface area contributed by atoms with Crippen LogP contribution in [0.5, 0.6) is 0 Å². The molecule has 0 saturated heterocycles. The molecule has 0 radical (unpaired) electrons. The van der Waals surface area contributed by atoms with Gasteiger partial charge in [0.2, 0.25) is 0 Å². The molecule has 0 saturated carbocycles. The Kier molecular flexibility index (Phi) is 36.1. The number of carbonyl (C=O) groups is 2. The van der Waals surface area contributed by atoms with Gasteiger partial charge >= 0.3 is 11.9 Å². The second-order valence-corrected chi connectivity index (χ2v) is 17.5. The summed E-state index contributed by atoms with van der Waals surface area (Å²) in [6.07, 6.45) is 39.2. The van der Waals surface area contributed by atoms with E-state index in [1.165, 1.54) is 103 Å². The van der Waals surface area contributed by atoms with Crippen molar-refractivity contribution in [3.05, 3.63) is 24.3 Å². The lowest BCUT2D eigenvalue weighted by atomic mass is 10.1. The number of hydrogen-bond donors (Lipinski definition) is 0. The van der Waals surface area contributed by atoms with Gasteiger partial charge in [-0.1, -0.05) is 147 Å². The lowest BCUT2D eigenvalue weighted by Gasteiger charge is -2.28. The summed E-state index contributed by atoms with van der Waals surface area (Å²) in [5.41, 5.74) is 0. The van der Waals surface area contributed by atoms with E-state index in [0.29, 0.717) is 17.4 Å². The lowest BCUT2D eigenvalue weighted by molar-refractivity contribution is -0.870. The van der Waals surface area contributed by atoms with Crippen LogP contribution in [-0.4, -0.2) is 70.0 Å². The van der Waals surface area contributed by atoms with E-state index in [-0.39, 0.29) is 32.0 Å². The maximum Gasteiger partial charge on any atom is 0.306 e. The maximum absolute atomic E-state index is 12.6. The fourth-order valence-electron chi connectivity index (χ4n) is 5.92. The molecule has 0 fully saturated rings. The summed E-state index contributed by atoms with van der Waals surface area (Å²) in [4.78, 5) is 37.4. The summed E-state index contributed by atoms with van der Waals surface area (Å²) in [6.45, 7) is 4.18. The van der Waals surface area contributed by atoms with E-state index in [0.717, 1.165) is 57.8 Å². The largest absolute Gasteiger partial charge is 0.756 e. The van der Waals surface area contributed by atoms with Gasteiger partial charge in [0.25, 0.3) is 7.82 Å². The first-order valence-electron chi connectivity index (χ1n) is 22.0. The van der Waals surface area contributed by atoms with Crippen molar-refractivity contribution in [3.63, 3.8) is 0 Å². The third-order valence-corrected chi connectivity index (χ3v) is 10.4. The minimum absolute atomic E-state index is 0.0316. The van der Waals surface area contributed by atoms with Crippen molar-refractivity contribution >= 4 is 19.8 Å². The first-order valence-corrected chi connectivity index (χ1v) is 23.5. The van der Waals surface area contributed by atoms with Crippen LogP contribution in [0.1, 0.15) is 194 Å². The topological polar surface area (TPSA) is 111 Å². The number of phosphoric ester groups is 1. The Bertz CT molecular complexity index is 980. The minimum atomic E-state index is -4.62. The summed E-state index contributed by atoms with van der Waals surface area (Å²) < 4.78 is 33.8. The molecule has 318 valence electrons. The second-order valence-electron chi connectivity index (χ2n) is 16.1. The highest BCUT2D eigenvalue weighted by Gasteiger charge is 2.21. The molecule has 0 N–H and O–H groups in total. The molecule has 0 heterocycles. The zero-order valence-electron chi connectivity index (χ0n) is 35.7. The molecule has 0 aliphatic rings. The van der Waals surface area contributed by atoms with Crippen molar-refractivity contribution in [2.75, 3.05) is 47.5 Å². The Morgan fingerprint density at radius 1 is 0.556 bits per heavy atom. The summed E-state index contributed by atoms with van der Waals surface area (Å²) in [6, 6.07) is 0. The van der Waals surface area contributed by atoms with Gasteiger partial charge in [0.15, 0.2) is 6.10 Å². The molecule has 54 heavy (non-hydrogen) atoms. The molecule has 2 atom stereocenters. The number of rotatable bonds is 40. The Morgan fingerprint density at radius 3 is 1.43 bits per heavy atom. The number of nitrogens with zero attached hydrogens (tertiary/aromatic N) is 1. The van der Waals surface area contributed by atoms with E-state index in [4.69, 9.17) is 18.5 Å². The van der Waals surface area contributed by atoms with Crippen LogP contribution in [0.3, 0.4) is 0 Å². The number of quaternary nitrogens is 1. The van der Waals surface area contributed by atoms with Gasteiger partial charge in [-0.15, -0.1) is 0 Å². The summed E-state index contributed by atoms with van der Waals surface area (Å²) in [7, 11) is 1.16. The first kappa shape index (κ1) is 52.5.